The molecule has 1 aliphatic rings. The number of piperazine rings is 1. The Bertz CT molecular complexity index is 631. The predicted octanol–water partition coefficient (Wildman–Crippen LogP) is 1.87. The highest BCUT2D eigenvalue weighted by atomic mass is 16.5. The van der Waals surface area contributed by atoms with Gasteiger partial charge in [0.1, 0.15) is 0 Å². The van der Waals surface area contributed by atoms with E-state index in [-0.39, 0.29) is 0 Å². The van der Waals surface area contributed by atoms with Crippen molar-refractivity contribution in [2.75, 3.05) is 26.2 Å². The van der Waals surface area contributed by atoms with Crippen LogP contribution < -0.4 is 0 Å². The molecule has 3 rings (SSSR count). The van der Waals surface area contributed by atoms with Gasteiger partial charge in [0.25, 0.3) is 0 Å². The van der Waals surface area contributed by atoms with E-state index < -0.39 is 6.10 Å². The number of rotatable bonds is 6. The zero-order valence-corrected chi connectivity index (χ0v) is 14.4. The first-order valence-electron chi connectivity index (χ1n) is 8.66. The molecule has 0 aliphatic carbocycles. The lowest BCUT2D eigenvalue weighted by atomic mass is 10.1. The summed E-state index contributed by atoms with van der Waals surface area (Å²) in [6.07, 6.45) is 0.332. The quantitative estimate of drug-likeness (QED) is 0.872. The van der Waals surface area contributed by atoms with E-state index in [0.29, 0.717) is 18.5 Å². The van der Waals surface area contributed by atoms with Gasteiger partial charge in [-0.2, -0.15) is 4.98 Å². The van der Waals surface area contributed by atoms with Crippen LogP contribution in [0.15, 0.2) is 34.9 Å². The van der Waals surface area contributed by atoms with Crippen LogP contribution in [-0.4, -0.2) is 57.3 Å². The minimum atomic E-state index is -0.440. The number of hydrogen-bond acceptors (Lipinski definition) is 6. The van der Waals surface area contributed by atoms with E-state index in [2.05, 4.69) is 26.9 Å². The molecule has 1 saturated heterocycles. The van der Waals surface area contributed by atoms with Crippen LogP contribution in [0.25, 0.3) is 0 Å². The normalized spacial score (nSPS) is 21.0. The Hall–Kier alpha value is -1.76. The molecule has 6 nitrogen and oxygen atoms in total. The van der Waals surface area contributed by atoms with Gasteiger partial charge in [0, 0.05) is 38.6 Å². The summed E-state index contributed by atoms with van der Waals surface area (Å²) in [5, 5.41) is 14.5. The molecule has 0 saturated carbocycles. The molecule has 1 fully saturated rings. The van der Waals surface area contributed by atoms with Crippen molar-refractivity contribution >= 4 is 0 Å². The summed E-state index contributed by atoms with van der Waals surface area (Å²) in [6.45, 7) is 8.43. The Kier molecular flexibility index (Phi) is 5.60. The lowest BCUT2D eigenvalue weighted by molar-refractivity contribution is 0.0351. The van der Waals surface area contributed by atoms with Crippen LogP contribution in [0, 0.1) is 0 Å². The number of β-amino-alcohol motifs (C(OH)–C–C–N with tert-alkyl or cyclic N) is 1. The number of aromatic nitrogens is 2. The lowest BCUT2D eigenvalue weighted by Gasteiger charge is -2.40. The van der Waals surface area contributed by atoms with Crippen molar-refractivity contribution in [3.05, 3.63) is 47.6 Å². The summed E-state index contributed by atoms with van der Waals surface area (Å²) in [7, 11) is 0. The van der Waals surface area contributed by atoms with Crippen LogP contribution in [0.5, 0.6) is 0 Å². The molecule has 1 aromatic heterocycles. The van der Waals surface area contributed by atoms with Crippen LogP contribution in [0.4, 0.5) is 0 Å². The van der Waals surface area contributed by atoms with E-state index in [1.54, 1.807) is 0 Å². The number of aliphatic hydroxyl groups is 1. The fraction of sp³-hybridized carbons (Fsp3) is 0.556. The maximum absolute atomic E-state index is 10.4. The zero-order valence-electron chi connectivity index (χ0n) is 14.4. The Morgan fingerprint density at radius 3 is 2.75 bits per heavy atom. The monoisotopic (exact) mass is 330 g/mol. The van der Waals surface area contributed by atoms with Gasteiger partial charge in [0.15, 0.2) is 5.82 Å². The molecule has 0 amide bonds. The number of aliphatic hydroxyl groups excluding tert-OH is 1. The van der Waals surface area contributed by atoms with E-state index in [1.807, 2.05) is 37.3 Å². The van der Waals surface area contributed by atoms with Gasteiger partial charge in [-0.1, -0.05) is 42.4 Å². The molecule has 0 unspecified atom stereocenters. The molecule has 2 heterocycles. The molecule has 0 radical (unpaired) electrons. The first-order valence-corrected chi connectivity index (χ1v) is 8.66. The van der Waals surface area contributed by atoms with Crippen molar-refractivity contribution in [2.24, 2.45) is 0 Å². The lowest BCUT2D eigenvalue weighted by Crippen LogP contribution is -2.52. The highest BCUT2D eigenvalue weighted by Crippen LogP contribution is 2.18. The highest BCUT2D eigenvalue weighted by Gasteiger charge is 2.26. The number of benzene rings is 1. The maximum atomic E-state index is 10.4. The molecular formula is C18H26N4O2. The summed E-state index contributed by atoms with van der Waals surface area (Å²) in [5.74, 6) is 1.46. The fourth-order valence-electron chi connectivity index (χ4n) is 3.19. The Morgan fingerprint density at radius 2 is 2.08 bits per heavy atom. The van der Waals surface area contributed by atoms with Gasteiger partial charge < -0.3 is 9.63 Å². The Labute approximate surface area is 143 Å². The van der Waals surface area contributed by atoms with Crippen LogP contribution in [0.2, 0.25) is 0 Å². The largest absolute Gasteiger partial charge is 0.387 e. The minimum Gasteiger partial charge on any atom is -0.387 e. The second-order valence-corrected chi connectivity index (χ2v) is 6.46. The molecule has 1 aromatic carbocycles. The molecule has 2 atom stereocenters. The first-order chi connectivity index (χ1) is 11.7. The van der Waals surface area contributed by atoms with Crippen LogP contribution in [-0.2, 0) is 13.0 Å². The average molecular weight is 330 g/mol. The third-order valence-electron chi connectivity index (χ3n) is 4.62. The molecule has 2 aromatic rings. The van der Waals surface area contributed by atoms with Crippen molar-refractivity contribution in [1.29, 1.82) is 0 Å². The topological polar surface area (TPSA) is 65.6 Å². The van der Waals surface area contributed by atoms with Crippen LogP contribution >= 0.6 is 0 Å². The van der Waals surface area contributed by atoms with Crippen molar-refractivity contribution < 1.29 is 9.63 Å². The van der Waals surface area contributed by atoms with Gasteiger partial charge in [-0.25, -0.2) is 0 Å². The van der Waals surface area contributed by atoms with Crippen molar-refractivity contribution in [1.82, 2.24) is 19.9 Å². The summed E-state index contributed by atoms with van der Waals surface area (Å²) in [5.41, 5.74) is 0.978. The molecule has 24 heavy (non-hydrogen) atoms. The molecular weight excluding hydrogens is 304 g/mol. The zero-order chi connectivity index (χ0) is 16.9. The van der Waals surface area contributed by atoms with E-state index in [0.717, 1.165) is 44.0 Å². The van der Waals surface area contributed by atoms with Gasteiger partial charge in [-0.15, -0.1) is 0 Å². The van der Waals surface area contributed by atoms with Crippen LogP contribution in [0.1, 0.15) is 37.2 Å². The molecule has 1 N–H and O–H groups in total. The van der Waals surface area contributed by atoms with Gasteiger partial charge >= 0.3 is 0 Å². The number of hydrogen-bond donors (Lipinski definition) is 1. The Morgan fingerprint density at radius 1 is 1.29 bits per heavy atom. The van der Waals surface area contributed by atoms with E-state index in [1.165, 1.54) is 0 Å². The van der Waals surface area contributed by atoms with Gasteiger partial charge in [-0.3, -0.25) is 9.80 Å². The van der Waals surface area contributed by atoms with Gasteiger partial charge in [-0.05, 0) is 12.5 Å². The Balaban J connectivity index is 1.51. The van der Waals surface area contributed by atoms with E-state index in [4.69, 9.17) is 4.52 Å². The van der Waals surface area contributed by atoms with E-state index in [9.17, 15) is 5.11 Å². The standard InChI is InChI=1S/C18H26N4O2/c1-3-18-19-17(20-24-18)13-21-9-10-22(14(2)11-21)12-16(23)15-7-5-4-6-8-15/h4-8,14,16,23H,3,9-13H2,1-2H3/t14-,16+/m0/s1. The van der Waals surface area contributed by atoms with Crippen molar-refractivity contribution in [2.45, 2.75) is 39.0 Å². The van der Waals surface area contributed by atoms with E-state index >= 15 is 0 Å². The maximum Gasteiger partial charge on any atom is 0.226 e. The molecule has 0 spiro atoms. The average Bonchev–Trinajstić information content (AvgIpc) is 3.05. The van der Waals surface area contributed by atoms with Crippen molar-refractivity contribution in [3.63, 3.8) is 0 Å². The van der Waals surface area contributed by atoms with Crippen molar-refractivity contribution in [3.8, 4) is 0 Å². The van der Waals surface area contributed by atoms with Crippen LogP contribution in [0.3, 0.4) is 0 Å². The second-order valence-electron chi connectivity index (χ2n) is 6.46. The fourth-order valence-corrected chi connectivity index (χ4v) is 3.19. The SMILES string of the molecule is CCc1nc(CN2CCN(C[C@@H](O)c3ccccc3)[C@@H](C)C2)no1. The second kappa shape index (κ2) is 7.88. The summed E-state index contributed by atoms with van der Waals surface area (Å²) in [6, 6.07) is 10.2. The third kappa shape index (κ3) is 4.20. The first kappa shape index (κ1) is 17.1. The molecule has 130 valence electrons. The summed E-state index contributed by atoms with van der Waals surface area (Å²) in [4.78, 5) is 9.08. The van der Waals surface area contributed by atoms with Gasteiger partial charge in [0.2, 0.25) is 5.89 Å². The highest BCUT2D eigenvalue weighted by molar-refractivity contribution is 5.17. The predicted molar refractivity (Wildman–Crippen MR) is 91.4 cm³/mol. The smallest absolute Gasteiger partial charge is 0.226 e. The molecule has 6 heteroatoms. The molecule has 1 aliphatic heterocycles. The summed E-state index contributed by atoms with van der Waals surface area (Å²) >= 11 is 0. The minimum absolute atomic E-state index is 0.384. The third-order valence-corrected chi connectivity index (χ3v) is 4.62. The number of nitrogens with zero attached hydrogens (tertiary/aromatic N) is 4. The molecule has 0 bridgehead atoms. The number of aryl methyl sites for hydroxylation is 1. The van der Waals surface area contributed by atoms with Gasteiger partial charge in [0.05, 0.1) is 12.6 Å². The summed E-state index contributed by atoms with van der Waals surface area (Å²) < 4.78 is 5.17.